The number of halogens is 1. The van der Waals surface area contributed by atoms with Gasteiger partial charge in [0.25, 0.3) is 0 Å². The molecule has 0 N–H and O–H groups in total. The first-order chi connectivity index (χ1) is 10.1. The van der Waals surface area contributed by atoms with Crippen LogP contribution in [-0.2, 0) is 11.3 Å². The van der Waals surface area contributed by atoms with Gasteiger partial charge in [0.05, 0.1) is 23.7 Å². The Labute approximate surface area is 126 Å². The zero-order chi connectivity index (χ0) is 14.8. The number of hydrogen-bond donors (Lipinski definition) is 0. The third-order valence-electron chi connectivity index (χ3n) is 3.66. The van der Waals surface area contributed by atoms with Gasteiger partial charge in [-0.3, -0.25) is 10.1 Å². The lowest BCUT2D eigenvalue weighted by molar-refractivity contribution is -0.384. The molecule has 0 atom stereocenters. The molecule has 0 saturated heterocycles. The summed E-state index contributed by atoms with van der Waals surface area (Å²) in [6, 6.07) is 10.0. The van der Waals surface area contributed by atoms with Crippen molar-refractivity contribution in [3.8, 4) is 0 Å². The van der Waals surface area contributed by atoms with Gasteiger partial charge in [-0.05, 0) is 18.4 Å². The van der Waals surface area contributed by atoms with Gasteiger partial charge in [0.15, 0.2) is 0 Å². The van der Waals surface area contributed by atoms with Gasteiger partial charge in [0.1, 0.15) is 6.20 Å². The van der Waals surface area contributed by atoms with Gasteiger partial charge in [-0.25, -0.2) is 4.68 Å². The quantitative estimate of drug-likeness (QED) is 0.627. The molecule has 1 fully saturated rings. The van der Waals surface area contributed by atoms with Crippen molar-refractivity contribution in [2.45, 2.75) is 31.6 Å². The van der Waals surface area contributed by atoms with Crippen molar-refractivity contribution in [3.05, 3.63) is 57.4 Å². The Morgan fingerprint density at radius 1 is 1.38 bits per heavy atom. The predicted molar refractivity (Wildman–Crippen MR) is 77.2 cm³/mol. The summed E-state index contributed by atoms with van der Waals surface area (Å²) in [5.74, 6) is 0. The lowest BCUT2D eigenvalue weighted by atomic mass is 9.89. The van der Waals surface area contributed by atoms with E-state index >= 15 is 0 Å². The van der Waals surface area contributed by atoms with Gasteiger partial charge in [-0.15, -0.1) is 0 Å². The second kappa shape index (κ2) is 5.83. The van der Waals surface area contributed by atoms with Crippen LogP contribution in [0.5, 0.6) is 0 Å². The zero-order valence-electron chi connectivity index (χ0n) is 11.2. The molecule has 0 spiro atoms. The Kier molecular flexibility index (Phi) is 3.90. The number of nitrogens with zero attached hydrogens (tertiary/aromatic N) is 3. The summed E-state index contributed by atoms with van der Waals surface area (Å²) in [5, 5.41) is 14.8. The molecule has 7 heteroatoms. The maximum atomic E-state index is 10.7. The average molecular weight is 308 g/mol. The van der Waals surface area contributed by atoms with Crippen molar-refractivity contribution in [2.24, 2.45) is 0 Å². The van der Waals surface area contributed by atoms with Crippen LogP contribution < -0.4 is 0 Å². The van der Waals surface area contributed by atoms with Crippen molar-refractivity contribution in [3.63, 3.8) is 0 Å². The average Bonchev–Trinajstić information content (AvgIpc) is 2.80. The van der Waals surface area contributed by atoms with Crippen molar-refractivity contribution >= 4 is 17.3 Å². The molecule has 1 aromatic heterocycles. The molecule has 0 radical (unpaired) electrons. The van der Waals surface area contributed by atoms with Crippen molar-refractivity contribution in [2.75, 3.05) is 0 Å². The van der Waals surface area contributed by atoms with Crippen LogP contribution in [0.3, 0.4) is 0 Å². The summed E-state index contributed by atoms with van der Waals surface area (Å²) < 4.78 is 7.31. The van der Waals surface area contributed by atoms with Gasteiger partial charge in [-0.2, -0.15) is 5.10 Å². The second-order valence-electron chi connectivity index (χ2n) is 5.07. The molecule has 3 rings (SSSR count). The fourth-order valence-corrected chi connectivity index (χ4v) is 2.68. The topological polar surface area (TPSA) is 70.2 Å². The van der Waals surface area contributed by atoms with E-state index in [1.165, 1.54) is 10.9 Å². The maximum Gasteiger partial charge on any atom is 0.325 e. The van der Waals surface area contributed by atoms with Crippen LogP contribution in [0.15, 0.2) is 36.5 Å². The summed E-state index contributed by atoms with van der Waals surface area (Å²) in [5.41, 5.74) is 0.985. The van der Waals surface area contributed by atoms with E-state index in [0.29, 0.717) is 6.61 Å². The number of ether oxygens (including phenoxy) is 1. The molecule has 1 aliphatic rings. The lowest BCUT2D eigenvalue weighted by Gasteiger charge is -2.35. The summed E-state index contributed by atoms with van der Waals surface area (Å²) >= 11 is 5.97. The Hall–Kier alpha value is -1.92. The molecule has 0 bridgehead atoms. The van der Waals surface area contributed by atoms with Crippen LogP contribution in [0.2, 0.25) is 5.15 Å². The standard InChI is InChI=1S/C14H14ClN3O3/c15-14-13(18(19)20)8-16-17(14)11-6-12(7-11)21-9-10-4-2-1-3-5-10/h1-5,8,11-12H,6-7,9H2/t11-,12-. The Balaban J connectivity index is 1.53. The van der Waals surface area contributed by atoms with Gasteiger partial charge >= 0.3 is 5.69 Å². The Morgan fingerprint density at radius 2 is 2.10 bits per heavy atom. The van der Waals surface area contributed by atoms with Crippen LogP contribution >= 0.6 is 11.6 Å². The minimum absolute atomic E-state index is 0.0759. The molecule has 0 aliphatic heterocycles. The fraction of sp³-hybridized carbons (Fsp3) is 0.357. The normalized spacial score (nSPS) is 21.0. The summed E-state index contributed by atoms with van der Waals surface area (Å²) in [6.07, 6.45) is 2.88. The number of rotatable bonds is 5. The SMILES string of the molecule is O=[N+]([O-])c1cnn([C@H]2C[C@H](OCc3ccccc3)C2)c1Cl. The van der Waals surface area contributed by atoms with Crippen molar-refractivity contribution in [1.29, 1.82) is 0 Å². The third-order valence-corrected chi connectivity index (χ3v) is 4.02. The van der Waals surface area contributed by atoms with Crippen LogP contribution in [0, 0.1) is 10.1 Å². The Bertz CT molecular complexity index is 638. The third kappa shape index (κ3) is 2.91. The highest BCUT2D eigenvalue weighted by Crippen LogP contribution is 2.38. The minimum Gasteiger partial charge on any atom is -0.373 e. The Morgan fingerprint density at radius 3 is 2.71 bits per heavy atom. The fourth-order valence-electron chi connectivity index (χ4n) is 2.38. The molecule has 2 aromatic rings. The van der Waals surface area contributed by atoms with E-state index in [-0.39, 0.29) is 23.0 Å². The molecule has 1 saturated carbocycles. The second-order valence-corrected chi connectivity index (χ2v) is 5.42. The monoisotopic (exact) mass is 307 g/mol. The zero-order valence-corrected chi connectivity index (χ0v) is 11.9. The molecule has 1 aliphatic carbocycles. The maximum absolute atomic E-state index is 10.7. The van der Waals surface area contributed by atoms with Gasteiger partial charge in [0, 0.05) is 0 Å². The van der Waals surface area contributed by atoms with E-state index in [9.17, 15) is 10.1 Å². The van der Waals surface area contributed by atoms with Gasteiger partial charge < -0.3 is 4.74 Å². The van der Waals surface area contributed by atoms with Crippen molar-refractivity contribution < 1.29 is 9.66 Å². The molecular formula is C14H14ClN3O3. The highest BCUT2D eigenvalue weighted by molar-refractivity contribution is 6.31. The molecule has 1 aromatic carbocycles. The van der Waals surface area contributed by atoms with E-state index in [1.54, 1.807) is 0 Å². The van der Waals surface area contributed by atoms with Crippen LogP contribution in [0.1, 0.15) is 24.4 Å². The van der Waals surface area contributed by atoms with E-state index in [4.69, 9.17) is 16.3 Å². The minimum atomic E-state index is -0.520. The van der Waals surface area contributed by atoms with E-state index in [1.807, 2.05) is 30.3 Å². The van der Waals surface area contributed by atoms with Gasteiger partial charge in [-0.1, -0.05) is 41.9 Å². The number of benzene rings is 1. The highest BCUT2D eigenvalue weighted by Gasteiger charge is 2.35. The van der Waals surface area contributed by atoms with Gasteiger partial charge in [0.2, 0.25) is 5.15 Å². The van der Waals surface area contributed by atoms with E-state index in [2.05, 4.69) is 5.10 Å². The number of nitro groups is 1. The molecule has 110 valence electrons. The smallest absolute Gasteiger partial charge is 0.325 e. The van der Waals surface area contributed by atoms with E-state index in [0.717, 1.165) is 18.4 Å². The number of aromatic nitrogens is 2. The molecule has 21 heavy (non-hydrogen) atoms. The van der Waals surface area contributed by atoms with E-state index < -0.39 is 4.92 Å². The van der Waals surface area contributed by atoms with Crippen LogP contribution in [-0.4, -0.2) is 20.8 Å². The van der Waals surface area contributed by atoms with Crippen LogP contribution in [0.25, 0.3) is 0 Å². The molecule has 0 amide bonds. The summed E-state index contributed by atoms with van der Waals surface area (Å²) in [4.78, 5) is 10.2. The summed E-state index contributed by atoms with van der Waals surface area (Å²) in [6.45, 7) is 0.575. The first-order valence-electron chi connectivity index (χ1n) is 6.68. The molecule has 6 nitrogen and oxygen atoms in total. The molecule has 1 heterocycles. The predicted octanol–water partition coefficient (Wildman–Crippen LogP) is 3.37. The molecule has 0 unspecified atom stereocenters. The largest absolute Gasteiger partial charge is 0.373 e. The summed E-state index contributed by atoms with van der Waals surface area (Å²) in [7, 11) is 0. The highest BCUT2D eigenvalue weighted by atomic mass is 35.5. The van der Waals surface area contributed by atoms with Crippen LogP contribution in [0.4, 0.5) is 5.69 Å². The molecular weight excluding hydrogens is 294 g/mol. The number of hydrogen-bond acceptors (Lipinski definition) is 4. The van der Waals surface area contributed by atoms with Crippen molar-refractivity contribution in [1.82, 2.24) is 9.78 Å². The first kappa shape index (κ1) is 14.0. The lowest BCUT2D eigenvalue weighted by Crippen LogP contribution is -2.33. The first-order valence-corrected chi connectivity index (χ1v) is 7.06.